The lowest BCUT2D eigenvalue weighted by Gasteiger charge is -2.24. The number of guanidine groups is 1. The van der Waals surface area contributed by atoms with Gasteiger partial charge in [-0.25, -0.2) is 4.98 Å². The number of rotatable bonds is 7. The second-order valence-electron chi connectivity index (χ2n) is 5.67. The molecular formula is C15H22ClF3N4O2. The first-order chi connectivity index (χ1) is 11.6. The van der Waals surface area contributed by atoms with Crippen LogP contribution in [0.5, 0.6) is 5.88 Å². The van der Waals surface area contributed by atoms with E-state index in [4.69, 9.17) is 21.1 Å². The second kappa shape index (κ2) is 9.10. The predicted octanol–water partition coefficient (Wildman–Crippen LogP) is 2.72. The number of methoxy groups -OCH3 is 1. The van der Waals surface area contributed by atoms with Gasteiger partial charge in [-0.2, -0.15) is 13.2 Å². The molecule has 1 rings (SSSR count). The van der Waals surface area contributed by atoms with Crippen molar-refractivity contribution in [1.82, 2.24) is 15.6 Å². The molecule has 0 aliphatic carbocycles. The molecule has 1 heterocycles. The molecule has 0 saturated carbocycles. The molecule has 10 heteroatoms. The summed E-state index contributed by atoms with van der Waals surface area (Å²) >= 11 is 5.76. The fourth-order valence-corrected chi connectivity index (χ4v) is 1.81. The van der Waals surface area contributed by atoms with E-state index in [1.54, 1.807) is 14.2 Å². The zero-order valence-corrected chi connectivity index (χ0v) is 15.3. The van der Waals surface area contributed by atoms with Crippen LogP contribution < -0.4 is 15.4 Å². The van der Waals surface area contributed by atoms with Gasteiger partial charge in [0.2, 0.25) is 5.88 Å². The molecule has 0 bridgehead atoms. The predicted molar refractivity (Wildman–Crippen MR) is 90.2 cm³/mol. The number of pyridine rings is 1. The van der Waals surface area contributed by atoms with Crippen molar-refractivity contribution in [3.05, 3.63) is 22.8 Å². The minimum Gasteiger partial charge on any atom is -0.475 e. The average molecular weight is 383 g/mol. The Labute approximate surface area is 149 Å². The molecule has 0 spiro atoms. The van der Waals surface area contributed by atoms with Crippen molar-refractivity contribution in [2.24, 2.45) is 4.99 Å². The van der Waals surface area contributed by atoms with Gasteiger partial charge in [-0.05, 0) is 19.9 Å². The quantitative estimate of drug-likeness (QED) is 0.431. The van der Waals surface area contributed by atoms with Gasteiger partial charge < -0.3 is 20.1 Å². The molecule has 0 fully saturated rings. The number of hydrogen-bond donors (Lipinski definition) is 2. The van der Waals surface area contributed by atoms with E-state index in [0.29, 0.717) is 25.2 Å². The highest BCUT2D eigenvalue weighted by Gasteiger charge is 2.31. The molecule has 0 saturated heterocycles. The van der Waals surface area contributed by atoms with Gasteiger partial charge in [0.05, 0.1) is 17.7 Å². The smallest absolute Gasteiger partial charge is 0.417 e. The lowest BCUT2D eigenvalue weighted by atomic mass is 10.1. The SMILES string of the molecule is CN=C(NCCOc1ncc(C(F)(F)F)cc1Cl)NCC(C)(C)OC. The van der Waals surface area contributed by atoms with Crippen molar-refractivity contribution >= 4 is 17.6 Å². The topological polar surface area (TPSA) is 67.8 Å². The largest absolute Gasteiger partial charge is 0.475 e. The van der Waals surface area contributed by atoms with Crippen molar-refractivity contribution in [1.29, 1.82) is 0 Å². The summed E-state index contributed by atoms with van der Waals surface area (Å²) in [5.41, 5.74) is -1.28. The van der Waals surface area contributed by atoms with Crippen LogP contribution in [0.1, 0.15) is 19.4 Å². The van der Waals surface area contributed by atoms with Crippen molar-refractivity contribution in [2.45, 2.75) is 25.6 Å². The van der Waals surface area contributed by atoms with Gasteiger partial charge in [-0.3, -0.25) is 4.99 Å². The Morgan fingerprint density at radius 1 is 1.32 bits per heavy atom. The van der Waals surface area contributed by atoms with Gasteiger partial charge in [0, 0.05) is 26.9 Å². The Morgan fingerprint density at radius 2 is 2.00 bits per heavy atom. The summed E-state index contributed by atoms with van der Waals surface area (Å²) < 4.78 is 48.2. The van der Waals surface area contributed by atoms with E-state index in [1.807, 2.05) is 13.8 Å². The number of aromatic nitrogens is 1. The fraction of sp³-hybridized carbons (Fsp3) is 0.600. The monoisotopic (exact) mass is 382 g/mol. The normalized spacial score (nSPS) is 12.9. The summed E-state index contributed by atoms with van der Waals surface area (Å²) in [5, 5.41) is 5.89. The van der Waals surface area contributed by atoms with Crippen LogP contribution in [-0.4, -0.2) is 50.4 Å². The van der Waals surface area contributed by atoms with Gasteiger partial charge in [0.25, 0.3) is 0 Å². The molecule has 6 nitrogen and oxygen atoms in total. The molecule has 0 aliphatic heterocycles. The fourth-order valence-electron chi connectivity index (χ4n) is 1.59. The first-order valence-corrected chi connectivity index (χ1v) is 7.82. The Bertz CT molecular complexity index is 595. The Morgan fingerprint density at radius 3 is 2.52 bits per heavy atom. The lowest BCUT2D eigenvalue weighted by molar-refractivity contribution is -0.137. The van der Waals surface area contributed by atoms with Crippen molar-refractivity contribution < 1.29 is 22.6 Å². The van der Waals surface area contributed by atoms with Crippen LogP contribution in [0.4, 0.5) is 13.2 Å². The maximum atomic E-state index is 12.5. The summed E-state index contributed by atoms with van der Waals surface area (Å²) in [5.74, 6) is 0.486. The number of nitrogens with zero attached hydrogens (tertiary/aromatic N) is 2. The van der Waals surface area contributed by atoms with Gasteiger partial charge in [0.1, 0.15) is 11.6 Å². The minimum atomic E-state index is -4.50. The number of ether oxygens (including phenoxy) is 2. The minimum absolute atomic E-state index is 0.0556. The maximum Gasteiger partial charge on any atom is 0.417 e. The van der Waals surface area contributed by atoms with Crippen LogP contribution in [0.25, 0.3) is 0 Å². The van der Waals surface area contributed by atoms with Crippen LogP contribution in [0, 0.1) is 0 Å². The molecule has 0 atom stereocenters. The first-order valence-electron chi connectivity index (χ1n) is 7.44. The maximum absolute atomic E-state index is 12.5. The molecule has 1 aromatic heterocycles. The molecule has 0 amide bonds. The van der Waals surface area contributed by atoms with Crippen molar-refractivity contribution in [3.63, 3.8) is 0 Å². The van der Waals surface area contributed by atoms with Gasteiger partial charge in [0.15, 0.2) is 5.96 Å². The molecule has 0 unspecified atom stereocenters. The third kappa shape index (κ3) is 7.35. The van der Waals surface area contributed by atoms with Crippen LogP contribution in [0.3, 0.4) is 0 Å². The number of nitrogens with one attached hydrogen (secondary N) is 2. The third-order valence-corrected chi connectivity index (χ3v) is 3.50. The van der Waals surface area contributed by atoms with E-state index in [9.17, 15) is 13.2 Å². The van der Waals surface area contributed by atoms with Crippen molar-refractivity contribution in [3.8, 4) is 5.88 Å². The van der Waals surface area contributed by atoms with Gasteiger partial charge in [-0.1, -0.05) is 11.6 Å². The van der Waals surface area contributed by atoms with Crippen LogP contribution in [0.2, 0.25) is 5.02 Å². The first kappa shape index (κ1) is 21.3. The van der Waals surface area contributed by atoms with Crippen LogP contribution in [-0.2, 0) is 10.9 Å². The molecular weight excluding hydrogens is 361 g/mol. The van der Waals surface area contributed by atoms with E-state index >= 15 is 0 Å². The summed E-state index contributed by atoms with van der Waals surface area (Å²) in [4.78, 5) is 7.64. The molecule has 25 heavy (non-hydrogen) atoms. The van der Waals surface area contributed by atoms with Crippen molar-refractivity contribution in [2.75, 3.05) is 33.9 Å². The zero-order chi connectivity index (χ0) is 19.1. The van der Waals surface area contributed by atoms with Gasteiger partial charge in [-0.15, -0.1) is 0 Å². The number of hydrogen-bond acceptors (Lipinski definition) is 4. The summed E-state index contributed by atoms with van der Waals surface area (Å²) in [6, 6.07) is 0.782. The Balaban J connectivity index is 2.44. The Hall–Kier alpha value is -1.74. The molecule has 2 N–H and O–H groups in total. The molecule has 0 aromatic carbocycles. The summed E-state index contributed by atoms with van der Waals surface area (Å²) in [7, 11) is 3.23. The van der Waals surface area contributed by atoms with Gasteiger partial charge >= 0.3 is 6.18 Å². The molecule has 142 valence electrons. The lowest BCUT2D eigenvalue weighted by Crippen LogP contribution is -2.46. The molecule has 0 aliphatic rings. The summed E-state index contributed by atoms with van der Waals surface area (Å²) in [6.07, 6.45) is -3.81. The second-order valence-corrected chi connectivity index (χ2v) is 6.08. The van der Waals surface area contributed by atoms with E-state index in [-0.39, 0.29) is 23.1 Å². The molecule has 0 radical (unpaired) electrons. The van der Waals surface area contributed by atoms with E-state index in [1.165, 1.54) is 0 Å². The average Bonchev–Trinajstić information content (AvgIpc) is 2.54. The third-order valence-electron chi connectivity index (χ3n) is 3.23. The highest BCUT2D eigenvalue weighted by atomic mass is 35.5. The van der Waals surface area contributed by atoms with E-state index in [2.05, 4.69) is 20.6 Å². The molecule has 1 aromatic rings. The standard InChI is InChI=1S/C15H22ClF3N4O2/c1-14(2,24-4)9-23-13(20-3)21-5-6-25-12-11(16)7-10(8-22-12)15(17,18)19/h7-8H,5-6,9H2,1-4H3,(H2,20,21,23). The zero-order valence-electron chi connectivity index (χ0n) is 14.5. The van der Waals surface area contributed by atoms with Crippen LogP contribution >= 0.6 is 11.6 Å². The number of aliphatic imine (C=N–C) groups is 1. The number of halogens is 4. The highest BCUT2D eigenvalue weighted by Crippen LogP contribution is 2.32. The highest BCUT2D eigenvalue weighted by molar-refractivity contribution is 6.31. The Kier molecular flexibility index (Phi) is 7.75. The van der Waals surface area contributed by atoms with Crippen LogP contribution in [0.15, 0.2) is 17.3 Å². The van der Waals surface area contributed by atoms with E-state index < -0.39 is 11.7 Å². The summed E-state index contributed by atoms with van der Waals surface area (Å²) in [6.45, 7) is 4.89. The number of alkyl halides is 3. The van der Waals surface area contributed by atoms with E-state index in [0.717, 1.165) is 6.07 Å².